The first kappa shape index (κ1) is 19.5. The lowest BCUT2D eigenvalue weighted by molar-refractivity contribution is -0.147. The zero-order valence-corrected chi connectivity index (χ0v) is 14.3. The fraction of sp³-hybridized carbons (Fsp3) is 0.235. The van der Waals surface area contributed by atoms with Crippen molar-refractivity contribution in [2.75, 3.05) is 11.9 Å². The summed E-state index contributed by atoms with van der Waals surface area (Å²) in [5.74, 6) is -1.46. The zero-order chi connectivity index (χ0) is 18.9. The van der Waals surface area contributed by atoms with E-state index in [0.717, 1.165) is 0 Å². The lowest BCUT2D eigenvalue weighted by Gasteiger charge is -2.08. The lowest BCUT2D eigenvalue weighted by Crippen LogP contribution is -2.21. The highest BCUT2D eigenvalue weighted by atomic mass is 32.1. The van der Waals surface area contributed by atoms with Gasteiger partial charge in [-0.1, -0.05) is 6.07 Å². The Bertz CT molecular complexity index is 747. The van der Waals surface area contributed by atoms with Crippen molar-refractivity contribution in [3.8, 4) is 5.75 Å². The molecule has 1 aromatic heterocycles. The van der Waals surface area contributed by atoms with Crippen LogP contribution in [0.25, 0.3) is 0 Å². The Kier molecular flexibility index (Phi) is 7.22. The summed E-state index contributed by atoms with van der Waals surface area (Å²) in [4.78, 5) is 35.6. The summed E-state index contributed by atoms with van der Waals surface area (Å²) in [5, 5.41) is 4.21. The van der Waals surface area contributed by atoms with Crippen molar-refractivity contribution in [3.63, 3.8) is 0 Å². The van der Waals surface area contributed by atoms with E-state index in [0.29, 0.717) is 10.6 Å². The third-order valence-electron chi connectivity index (χ3n) is 3.08. The molecule has 0 saturated heterocycles. The molecule has 0 spiro atoms. The highest BCUT2D eigenvalue weighted by molar-refractivity contribution is 7.12. The van der Waals surface area contributed by atoms with Crippen LogP contribution in [-0.2, 0) is 14.3 Å². The monoisotopic (exact) mass is 383 g/mol. The normalized spacial score (nSPS) is 10.4. The number of ether oxygens (including phenoxy) is 2. The maximum atomic E-state index is 12.0. The quantitative estimate of drug-likeness (QED) is 0.529. The minimum atomic E-state index is -2.93. The van der Waals surface area contributed by atoms with Crippen molar-refractivity contribution in [2.24, 2.45) is 0 Å². The fourth-order valence-electron chi connectivity index (χ4n) is 1.91. The van der Waals surface area contributed by atoms with Gasteiger partial charge in [0.05, 0.1) is 11.3 Å². The van der Waals surface area contributed by atoms with Crippen LogP contribution < -0.4 is 10.1 Å². The van der Waals surface area contributed by atoms with Gasteiger partial charge < -0.3 is 14.8 Å². The molecule has 2 aromatic rings. The van der Waals surface area contributed by atoms with Crippen LogP contribution in [-0.4, -0.2) is 30.9 Å². The van der Waals surface area contributed by atoms with E-state index < -0.39 is 25.1 Å². The van der Waals surface area contributed by atoms with E-state index in [-0.39, 0.29) is 24.4 Å². The molecule has 138 valence electrons. The molecule has 0 radical (unpaired) electrons. The lowest BCUT2D eigenvalue weighted by atomic mass is 10.2. The Labute approximate surface area is 151 Å². The van der Waals surface area contributed by atoms with Crippen LogP contribution in [0.1, 0.15) is 22.5 Å². The average Bonchev–Trinajstić information content (AvgIpc) is 3.14. The molecule has 2 rings (SSSR count). The first-order chi connectivity index (χ1) is 12.4. The van der Waals surface area contributed by atoms with E-state index >= 15 is 0 Å². The van der Waals surface area contributed by atoms with Crippen molar-refractivity contribution >= 4 is 34.7 Å². The molecule has 1 amide bonds. The molecule has 1 heterocycles. The molecule has 0 aliphatic rings. The molecule has 26 heavy (non-hydrogen) atoms. The van der Waals surface area contributed by atoms with E-state index in [1.54, 1.807) is 17.5 Å². The Morgan fingerprint density at radius 3 is 2.42 bits per heavy atom. The molecular formula is C17H15F2NO5S. The molecule has 0 atom stereocenters. The van der Waals surface area contributed by atoms with Gasteiger partial charge in [0.25, 0.3) is 5.91 Å². The Balaban J connectivity index is 1.69. The number of alkyl halides is 2. The molecule has 1 N–H and O–H groups in total. The van der Waals surface area contributed by atoms with E-state index in [1.165, 1.54) is 35.6 Å². The second kappa shape index (κ2) is 9.62. The van der Waals surface area contributed by atoms with Crippen molar-refractivity contribution < 1.29 is 32.6 Å². The van der Waals surface area contributed by atoms with Crippen LogP contribution in [0.15, 0.2) is 41.8 Å². The summed E-state index contributed by atoms with van der Waals surface area (Å²) in [7, 11) is 0. The molecule has 0 saturated carbocycles. The van der Waals surface area contributed by atoms with Gasteiger partial charge in [-0.05, 0) is 35.7 Å². The number of thiophene rings is 1. The average molecular weight is 383 g/mol. The maximum absolute atomic E-state index is 12.0. The molecular weight excluding hydrogens is 368 g/mol. The third-order valence-corrected chi connectivity index (χ3v) is 3.99. The number of benzene rings is 1. The Morgan fingerprint density at radius 1 is 1.08 bits per heavy atom. The number of anilines is 1. The minimum absolute atomic E-state index is 0.00651. The number of hydrogen-bond donors (Lipinski definition) is 1. The largest absolute Gasteiger partial charge is 0.456 e. The number of amides is 1. The van der Waals surface area contributed by atoms with Crippen molar-refractivity contribution in [3.05, 3.63) is 46.7 Å². The van der Waals surface area contributed by atoms with E-state index in [2.05, 4.69) is 10.1 Å². The summed E-state index contributed by atoms with van der Waals surface area (Å²) < 4.78 is 33.1. The molecule has 0 fully saturated rings. The van der Waals surface area contributed by atoms with Gasteiger partial charge in [0.2, 0.25) is 0 Å². The van der Waals surface area contributed by atoms with Gasteiger partial charge in [0.15, 0.2) is 12.4 Å². The number of esters is 1. The molecule has 1 aromatic carbocycles. The number of rotatable bonds is 9. The van der Waals surface area contributed by atoms with Crippen molar-refractivity contribution in [2.45, 2.75) is 19.5 Å². The molecule has 0 unspecified atom stereocenters. The second-order valence-corrected chi connectivity index (χ2v) is 5.96. The predicted octanol–water partition coefficient (Wildman–Crippen LogP) is 3.49. The fourth-order valence-corrected chi connectivity index (χ4v) is 2.61. The van der Waals surface area contributed by atoms with Gasteiger partial charge in [-0.3, -0.25) is 14.4 Å². The molecule has 9 heteroatoms. The Morgan fingerprint density at radius 2 is 1.81 bits per heavy atom. The second-order valence-electron chi connectivity index (χ2n) is 5.01. The molecule has 0 aliphatic carbocycles. The van der Waals surface area contributed by atoms with Crippen LogP contribution in [0.2, 0.25) is 0 Å². The van der Waals surface area contributed by atoms with E-state index in [4.69, 9.17) is 4.74 Å². The Hall–Kier alpha value is -2.81. The van der Waals surface area contributed by atoms with Gasteiger partial charge in [-0.2, -0.15) is 8.78 Å². The minimum Gasteiger partial charge on any atom is -0.456 e. The van der Waals surface area contributed by atoms with Gasteiger partial charge in [0, 0.05) is 12.1 Å². The number of hydrogen-bond acceptors (Lipinski definition) is 6. The molecule has 6 nitrogen and oxygen atoms in total. The van der Waals surface area contributed by atoms with E-state index in [1.807, 2.05) is 0 Å². The highest BCUT2D eigenvalue weighted by Crippen LogP contribution is 2.17. The first-order valence-corrected chi connectivity index (χ1v) is 8.39. The van der Waals surface area contributed by atoms with Crippen LogP contribution in [0.5, 0.6) is 5.75 Å². The van der Waals surface area contributed by atoms with Gasteiger partial charge in [-0.15, -0.1) is 11.3 Å². The van der Waals surface area contributed by atoms with E-state index in [9.17, 15) is 23.2 Å². The summed E-state index contributed by atoms with van der Waals surface area (Å²) in [6.07, 6.45) is -0.115. The smallest absolute Gasteiger partial charge is 0.387 e. The number of ketones is 1. The summed E-state index contributed by atoms with van der Waals surface area (Å²) in [5.41, 5.74) is 0.334. The van der Waals surface area contributed by atoms with Gasteiger partial charge in [0.1, 0.15) is 5.75 Å². The zero-order valence-electron chi connectivity index (χ0n) is 13.4. The van der Waals surface area contributed by atoms with Crippen molar-refractivity contribution in [1.82, 2.24) is 0 Å². The molecule has 0 aliphatic heterocycles. The highest BCUT2D eigenvalue weighted by Gasteiger charge is 2.13. The SMILES string of the molecule is O=C(COC(=O)CCC(=O)c1cccs1)Nc1ccc(OC(F)F)cc1. The number of carbonyl (C=O) groups excluding carboxylic acids is 3. The molecule has 0 bridgehead atoms. The number of halogens is 2. The topological polar surface area (TPSA) is 81.7 Å². The standard InChI is InChI=1S/C17H15F2NO5S/c18-17(19)25-12-5-3-11(4-6-12)20-15(22)10-24-16(23)8-7-13(21)14-2-1-9-26-14/h1-6,9,17H,7-8,10H2,(H,20,22). The van der Waals surface area contributed by atoms with Crippen LogP contribution in [0.3, 0.4) is 0 Å². The first-order valence-electron chi connectivity index (χ1n) is 7.51. The van der Waals surface area contributed by atoms with Gasteiger partial charge in [-0.25, -0.2) is 0 Å². The van der Waals surface area contributed by atoms with Crippen LogP contribution in [0, 0.1) is 0 Å². The predicted molar refractivity (Wildman–Crippen MR) is 90.5 cm³/mol. The maximum Gasteiger partial charge on any atom is 0.387 e. The van der Waals surface area contributed by atoms with Crippen LogP contribution >= 0.6 is 11.3 Å². The summed E-state index contributed by atoms with van der Waals surface area (Å²) in [6, 6.07) is 8.69. The van der Waals surface area contributed by atoms with Crippen molar-refractivity contribution in [1.29, 1.82) is 0 Å². The summed E-state index contributed by atoms with van der Waals surface area (Å²) >= 11 is 1.29. The third kappa shape index (κ3) is 6.60. The van der Waals surface area contributed by atoms with Gasteiger partial charge >= 0.3 is 12.6 Å². The summed E-state index contributed by atoms with van der Waals surface area (Å²) in [6.45, 7) is -3.44. The number of Topliss-reactive ketones (excluding diaryl/α,β-unsaturated/α-hetero) is 1. The number of nitrogens with one attached hydrogen (secondary N) is 1. The number of carbonyl (C=O) groups is 3. The van der Waals surface area contributed by atoms with Crippen LogP contribution in [0.4, 0.5) is 14.5 Å².